The summed E-state index contributed by atoms with van der Waals surface area (Å²) < 4.78 is 93.1. The van der Waals surface area contributed by atoms with E-state index in [9.17, 15) is 35.2 Å². The molecule has 4 rings (SSSR count). The van der Waals surface area contributed by atoms with E-state index < -0.39 is 51.5 Å². The molecule has 0 saturated carbocycles. The van der Waals surface area contributed by atoms with Crippen molar-refractivity contribution in [1.82, 2.24) is 19.6 Å². The average Bonchev–Trinajstić information content (AvgIpc) is 3.30. The maximum atomic E-state index is 14.2. The standard InChI is InChI=1S/C24H21F5N4O3S.C2H6/c1-14-2-7-21(33(14)37(35,36)19-5-3-17(25)4-6-19)23(34)32-11-15-8-16(10-18(26)9-15)20-12-31-22(13-30-20)24(27,28)29;1-2/h3-6,8-10,12-14,21H,2,7,11H2,1H3,(H,32,34);1-2H3/t14-,21-;/m0./s1. The molecule has 3 aromatic rings. The number of aromatic nitrogens is 2. The fourth-order valence-corrected chi connectivity index (χ4v) is 6.01. The summed E-state index contributed by atoms with van der Waals surface area (Å²) in [6.07, 6.45) is -2.58. The second kappa shape index (κ2) is 12.2. The van der Waals surface area contributed by atoms with Crippen molar-refractivity contribution in [3.8, 4) is 11.3 Å². The molecule has 7 nitrogen and oxygen atoms in total. The van der Waals surface area contributed by atoms with Gasteiger partial charge in [0.05, 0.1) is 23.0 Å². The Balaban J connectivity index is 0.00000205. The lowest BCUT2D eigenvalue weighted by Crippen LogP contribution is -2.48. The average molecular weight is 571 g/mol. The van der Waals surface area contributed by atoms with E-state index in [0.717, 1.165) is 46.9 Å². The number of alkyl halides is 3. The Morgan fingerprint density at radius 1 is 1.00 bits per heavy atom. The van der Waals surface area contributed by atoms with Gasteiger partial charge in [0.15, 0.2) is 5.69 Å². The Kier molecular flexibility index (Phi) is 9.38. The molecule has 0 aliphatic carbocycles. The van der Waals surface area contributed by atoms with Gasteiger partial charge >= 0.3 is 6.18 Å². The van der Waals surface area contributed by atoms with Crippen LogP contribution in [-0.4, -0.2) is 40.7 Å². The molecule has 2 aromatic carbocycles. The summed E-state index contributed by atoms with van der Waals surface area (Å²) in [5, 5.41) is 2.60. The molecular formula is C26H27F5N4O3S. The minimum absolute atomic E-state index is 0.00117. The van der Waals surface area contributed by atoms with E-state index in [1.165, 1.54) is 6.07 Å². The lowest BCUT2D eigenvalue weighted by molar-refractivity contribution is -0.141. The zero-order chi connectivity index (χ0) is 29.0. The fourth-order valence-electron chi connectivity index (χ4n) is 4.17. The van der Waals surface area contributed by atoms with Gasteiger partial charge in [0.25, 0.3) is 0 Å². The highest BCUT2D eigenvalue weighted by atomic mass is 32.2. The van der Waals surface area contributed by atoms with Gasteiger partial charge in [-0.25, -0.2) is 22.2 Å². The summed E-state index contributed by atoms with van der Waals surface area (Å²) in [6, 6.07) is 6.42. The number of nitrogens with one attached hydrogen (secondary N) is 1. The lowest BCUT2D eigenvalue weighted by Gasteiger charge is -2.27. The molecule has 13 heteroatoms. The van der Waals surface area contributed by atoms with Crippen molar-refractivity contribution in [2.75, 3.05) is 0 Å². The Labute approximate surface area is 223 Å². The molecule has 1 fully saturated rings. The fraction of sp³-hybridized carbons (Fsp3) is 0.346. The summed E-state index contributed by atoms with van der Waals surface area (Å²) >= 11 is 0. The van der Waals surface area contributed by atoms with Crippen molar-refractivity contribution in [3.05, 3.63) is 77.8 Å². The van der Waals surface area contributed by atoms with Crippen LogP contribution in [0.1, 0.15) is 44.9 Å². The quantitative estimate of drug-likeness (QED) is 0.405. The SMILES string of the molecule is CC.C[C@H]1CC[C@@H](C(=O)NCc2cc(F)cc(-c3cnc(C(F)(F)F)cn3)c2)N1S(=O)(=O)c1ccc(F)cc1. The van der Waals surface area contributed by atoms with Crippen molar-refractivity contribution < 1.29 is 35.2 Å². The van der Waals surface area contributed by atoms with Gasteiger partial charge < -0.3 is 5.32 Å². The first-order valence-electron chi connectivity index (χ1n) is 12.1. The Hall–Kier alpha value is -3.45. The number of sulfonamides is 1. The normalized spacial score (nSPS) is 17.8. The molecule has 1 aliphatic heterocycles. The topological polar surface area (TPSA) is 92.3 Å². The number of carbonyl (C=O) groups excluding carboxylic acids is 1. The maximum Gasteiger partial charge on any atom is 0.434 e. The monoisotopic (exact) mass is 570 g/mol. The number of rotatable bonds is 6. The number of amides is 1. The van der Waals surface area contributed by atoms with Crippen LogP contribution in [0.5, 0.6) is 0 Å². The first-order chi connectivity index (χ1) is 18.4. The first-order valence-corrected chi connectivity index (χ1v) is 13.6. The lowest BCUT2D eigenvalue weighted by atomic mass is 10.1. The molecule has 210 valence electrons. The minimum Gasteiger partial charge on any atom is -0.351 e. The van der Waals surface area contributed by atoms with E-state index in [1.54, 1.807) is 6.92 Å². The summed E-state index contributed by atoms with van der Waals surface area (Å²) in [7, 11) is -4.09. The van der Waals surface area contributed by atoms with E-state index >= 15 is 0 Å². The third-order valence-electron chi connectivity index (χ3n) is 5.95. The largest absolute Gasteiger partial charge is 0.434 e. The van der Waals surface area contributed by atoms with Gasteiger partial charge in [-0.15, -0.1) is 0 Å². The smallest absolute Gasteiger partial charge is 0.351 e. The van der Waals surface area contributed by atoms with Gasteiger partial charge in [0, 0.05) is 18.2 Å². The van der Waals surface area contributed by atoms with Gasteiger partial charge in [-0.1, -0.05) is 13.8 Å². The Bertz CT molecular complexity index is 1400. The van der Waals surface area contributed by atoms with Crippen molar-refractivity contribution in [2.24, 2.45) is 0 Å². The maximum absolute atomic E-state index is 14.2. The zero-order valence-electron chi connectivity index (χ0n) is 21.3. The highest BCUT2D eigenvalue weighted by molar-refractivity contribution is 7.89. The number of halogens is 5. The molecule has 1 N–H and O–H groups in total. The second-order valence-corrected chi connectivity index (χ2v) is 10.4. The highest BCUT2D eigenvalue weighted by Gasteiger charge is 2.43. The van der Waals surface area contributed by atoms with Crippen molar-refractivity contribution >= 4 is 15.9 Å². The number of carbonyl (C=O) groups is 1. The molecule has 0 unspecified atom stereocenters. The zero-order valence-corrected chi connectivity index (χ0v) is 22.2. The van der Waals surface area contributed by atoms with E-state index in [-0.39, 0.29) is 34.7 Å². The molecule has 0 bridgehead atoms. The summed E-state index contributed by atoms with van der Waals surface area (Å²) in [5.41, 5.74) is -0.753. The first kappa shape index (κ1) is 30.1. The van der Waals surface area contributed by atoms with Crippen LogP contribution in [0, 0.1) is 11.6 Å². The van der Waals surface area contributed by atoms with Gasteiger partial charge in [0.2, 0.25) is 15.9 Å². The van der Waals surface area contributed by atoms with Crippen LogP contribution in [0.3, 0.4) is 0 Å². The molecule has 1 aromatic heterocycles. The molecule has 2 atom stereocenters. The molecule has 1 saturated heterocycles. The van der Waals surface area contributed by atoms with Crippen LogP contribution >= 0.6 is 0 Å². The molecular weight excluding hydrogens is 543 g/mol. The van der Waals surface area contributed by atoms with Gasteiger partial charge in [0.1, 0.15) is 17.7 Å². The molecule has 0 radical (unpaired) electrons. The predicted molar refractivity (Wildman–Crippen MR) is 134 cm³/mol. The Morgan fingerprint density at radius 2 is 1.67 bits per heavy atom. The van der Waals surface area contributed by atoms with E-state index in [1.807, 2.05) is 13.8 Å². The number of hydrogen-bond donors (Lipinski definition) is 1. The summed E-state index contributed by atoms with van der Waals surface area (Å²) in [5.74, 6) is -1.91. The molecule has 0 spiro atoms. The van der Waals surface area contributed by atoms with Crippen molar-refractivity contribution in [3.63, 3.8) is 0 Å². The van der Waals surface area contributed by atoms with Crippen LogP contribution in [0.25, 0.3) is 11.3 Å². The highest BCUT2D eigenvalue weighted by Crippen LogP contribution is 2.32. The number of benzene rings is 2. The molecule has 1 aliphatic rings. The third-order valence-corrected chi connectivity index (χ3v) is 7.99. The summed E-state index contributed by atoms with van der Waals surface area (Å²) in [4.78, 5) is 19.9. The number of hydrogen-bond acceptors (Lipinski definition) is 5. The minimum atomic E-state index is -4.67. The Morgan fingerprint density at radius 3 is 2.26 bits per heavy atom. The van der Waals surface area contributed by atoms with Crippen LogP contribution in [0.4, 0.5) is 22.0 Å². The molecule has 2 heterocycles. The van der Waals surface area contributed by atoms with Crippen LogP contribution in [0.2, 0.25) is 0 Å². The van der Waals surface area contributed by atoms with Gasteiger partial charge in [-0.05, 0) is 67.8 Å². The third kappa shape index (κ3) is 6.95. The van der Waals surface area contributed by atoms with E-state index in [0.29, 0.717) is 12.6 Å². The summed E-state index contributed by atoms with van der Waals surface area (Å²) in [6.45, 7) is 5.49. The molecule has 39 heavy (non-hydrogen) atoms. The van der Waals surface area contributed by atoms with Crippen LogP contribution in [-0.2, 0) is 27.5 Å². The van der Waals surface area contributed by atoms with Gasteiger partial charge in [-0.2, -0.15) is 17.5 Å². The second-order valence-electron chi connectivity index (χ2n) is 8.58. The van der Waals surface area contributed by atoms with Gasteiger partial charge in [-0.3, -0.25) is 9.78 Å². The van der Waals surface area contributed by atoms with E-state index in [4.69, 9.17) is 0 Å². The molecule has 1 amide bonds. The van der Waals surface area contributed by atoms with Crippen LogP contribution in [0.15, 0.2) is 59.8 Å². The van der Waals surface area contributed by atoms with Crippen molar-refractivity contribution in [1.29, 1.82) is 0 Å². The van der Waals surface area contributed by atoms with Crippen molar-refractivity contribution in [2.45, 2.75) is 63.3 Å². The predicted octanol–water partition coefficient (Wildman–Crippen LogP) is 5.32. The van der Waals surface area contributed by atoms with E-state index in [2.05, 4.69) is 15.3 Å². The van der Waals surface area contributed by atoms with Crippen LogP contribution < -0.4 is 5.32 Å². The number of nitrogens with zero attached hydrogens (tertiary/aromatic N) is 3.